The van der Waals surface area contributed by atoms with Gasteiger partial charge in [0.1, 0.15) is 5.69 Å². The topological polar surface area (TPSA) is 95.2 Å². The maximum Gasteiger partial charge on any atom is 0.274 e. The number of likely N-dealkylation sites (tertiary alicyclic amines) is 1. The molecule has 7 nitrogen and oxygen atoms in total. The van der Waals surface area contributed by atoms with Crippen LogP contribution in [0, 0.1) is 0 Å². The molecule has 2 aromatic carbocycles. The number of anilines is 1. The van der Waals surface area contributed by atoms with Crippen molar-refractivity contribution in [3.05, 3.63) is 94.2 Å². The fourth-order valence-corrected chi connectivity index (χ4v) is 5.00. The van der Waals surface area contributed by atoms with Crippen LogP contribution in [-0.4, -0.2) is 39.3 Å². The zero-order valence-corrected chi connectivity index (χ0v) is 16.9. The van der Waals surface area contributed by atoms with Crippen molar-refractivity contribution in [3.63, 3.8) is 0 Å². The predicted octanol–water partition coefficient (Wildman–Crippen LogP) is 2.51. The first kappa shape index (κ1) is 19.2. The van der Waals surface area contributed by atoms with Crippen LogP contribution in [-0.2, 0) is 16.6 Å². The number of benzene rings is 2. The van der Waals surface area contributed by atoms with E-state index in [9.17, 15) is 14.4 Å². The first-order valence-corrected chi connectivity index (χ1v) is 10.4. The summed E-state index contributed by atoms with van der Waals surface area (Å²) in [5, 5.41) is 3.03. The zero-order valence-electron chi connectivity index (χ0n) is 16.9. The van der Waals surface area contributed by atoms with Crippen LogP contribution in [0.2, 0.25) is 0 Å². The number of rotatable bonds is 4. The van der Waals surface area contributed by atoms with Gasteiger partial charge in [-0.2, -0.15) is 0 Å². The number of H-pyrrole nitrogens is 1. The molecule has 1 spiro atoms. The van der Waals surface area contributed by atoms with E-state index in [0.29, 0.717) is 19.4 Å². The van der Waals surface area contributed by atoms with Gasteiger partial charge in [-0.05, 0) is 36.5 Å². The van der Waals surface area contributed by atoms with Crippen LogP contribution in [0.25, 0.3) is 0 Å². The summed E-state index contributed by atoms with van der Waals surface area (Å²) in [6.07, 6.45) is 4.37. The van der Waals surface area contributed by atoms with E-state index in [2.05, 4.69) is 27.4 Å². The maximum atomic E-state index is 13.3. The number of hydrogen-bond acceptors (Lipinski definition) is 4. The van der Waals surface area contributed by atoms with E-state index in [1.54, 1.807) is 4.90 Å². The summed E-state index contributed by atoms with van der Waals surface area (Å²) >= 11 is 0. The summed E-state index contributed by atoms with van der Waals surface area (Å²) in [4.78, 5) is 46.3. The molecule has 2 aliphatic rings. The first-order valence-electron chi connectivity index (χ1n) is 10.4. The molecule has 7 heteroatoms. The second kappa shape index (κ2) is 7.50. The Kier molecular flexibility index (Phi) is 4.66. The SMILES string of the molecule is O=C(c1c[nH]c(=O)cn1)N1CC[C@]2(C(=O)Nc3ccccc32)[C@@H]1CCc1ccccc1. The van der Waals surface area contributed by atoms with Gasteiger partial charge < -0.3 is 15.2 Å². The second-order valence-electron chi connectivity index (χ2n) is 8.06. The minimum atomic E-state index is -0.788. The Labute approximate surface area is 179 Å². The summed E-state index contributed by atoms with van der Waals surface area (Å²) in [5.74, 6) is -0.333. The highest BCUT2D eigenvalue weighted by Gasteiger charge is 2.58. The summed E-state index contributed by atoms with van der Waals surface area (Å²) < 4.78 is 0. The largest absolute Gasteiger partial charge is 0.333 e. The number of aromatic amines is 1. The standard InChI is InChI=1S/C24H22N4O3/c29-21-15-25-19(14-26-21)22(30)28-13-12-24(17-8-4-5-9-18(17)27-23(24)31)20(28)11-10-16-6-2-1-3-7-16/h1-9,14-15,20H,10-13H2,(H,26,29)(H,27,31)/t20-,24+/m0/s1. The summed E-state index contributed by atoms with van der Waals surface area (Å²) in [6.45, 7) is 0.445. The molecule has 0 unspecified atom stereocenters. The van der Waals surface area contributed by atoms with Crippen LogP contribution in [0.15, 0.2) is 71.8 Å². The lowest BCUT2D eigenvalue weighted by Crippen LogP contribution is -2.49. The van der Waals surface area contributed by atoms with E-state index in [4.69, 9.17) is 0 Å². The van der Waals surface area contributed by atoms with E-state index in [1.807, 2.05) is 42.5 Å². The van der Waals surface area contributed by atoms with Gasteiger partial charge in [0.05, 0.1) is 17.7 Å². The molecule has 1 fully saturated rings. The minimum absolute atomic E-state index is 0.0588. The highest BCUT2D eigenvalue weighted by Crippen LogP contribution is 2.49. The van der Waals surface area contributed by atoms with Gasteiger partial charge in [0.2, 0.25) is 5.91 Å². The van der Waals surface area contributed by atoms with Gasteiger partial charge in [-0.15, -0.1) is 0 Å². The Hall–Kier alpha value is -3.74. The van der Waals surface area contributed by atoms with Crippen molar-refractivity contribution in [2.24, 2.45) is 0 Å². The third kappa shape index (κ3) is 3.13. The van der Waals surface area contributed by atoms with Gasteiger partial charge in [-0.1, -0.05) is 48.5 Å². The number of nitrogens with one attached hydrogen (secondary N) is 2. The molecule has 3 heterocycles. The number of nitrogens with zero attached hydrogens (tertiary/aromatic N) is 2. The average molecular weight is 414 g/mol. The van der Waals surface area contributed by atoms with Crippen LogP contribution >= 0.6 is 0 Å². The van der Waals surface area contributed by atoms with E-state index < -0.39 is 5.41 Å². The van der Waals surface area contributed by atoms with Gasteiger partial charge in [-0.3, -0.25) is 14.4 Å². The first-order chi connectivity index (χ1) is 15.1. The molecule has 3 aromatic rings. The molecule has 0 saturated carbocycles. The summed E-state index contributed by atoms with van der Waals surface area (Å²) in [7, 11) is 0. The Morgan fingerprint density at radius 3 is 2.65 bits per heavy atom. The van der Waals surface area contributed by atoms with Crippen LogP contribution in [0.5, 0.6) is 0 Å². The maximum absolute atomic E-state index is 13.3. The van der Waals surface area contributed by atoms with Crippen LogP contribution in [0.1, 0.15) is 34.5 Å². The molecule has 0 radical (unpaired) electrons. The smallest absolute Gasteiger partial charge is 0.274 e. The van der Waals surface area contributed by atoms with Crippen molar-refractivity contribution in [3.8, 4) is 0 Å². The molecule has 1 saturated heterocycles. The quantitative estimate of drug-likeness (QED) is 0.686. The molecule has 31 heavy (non-hydrogen) atoms. The molecule has 2 amide bonds. The Bertz CT molecular complexity index is 1190. The van der Waals surface area contributed by atoms with Gasteiger partial charge >= 0.3 is 0 Å². The molecule has 0 aliphatic carbocycles. The van der Waals surface area contributed by atoms with E-state index in [1.165, 1.54) is 6.20 Å². The Morgan fingerprint density at radius 2 is 1.87 bits per heavy atom. The normalized spacial score (nSPS) is 21.9. The summed E-state index contributed by atoms with van der Waals surface area (Å²) in [6, 6.07) is 17.5. The molecule has 0 bridgehead atoms. The molecule has 2 N–H and O–H groups in total. The van der Waals surface area contributed by atoms with Gasteiger partial charge in [0.15, 0.2) is 0 Å². The van der Waals surface area contributed by atoms with E-state index >= 15 is 0 Å². The molecule has 156 valence electrons. The van der Waals surface area contributed by atoms with Crippen molar-refractivity contribution in [2.75, 3.05) is 11.9 Å². The highest BCUT2D eigenvalue weighted by atomic mass is 16.2. The number of amides is 2. The minimum Gasteiger partial charge on any atom is -0.333 e. The number of aromatic nitrogens is 2. The number of aryl methyl sites for hydroxylation is 1. The lowest BCUT2D eigenvalue weighted by molar-refractivity contribution is -0.121. The van der Waals surface area contributed by atoms with Crippen molar-refractivity contribution in [1.82, 2.24) is 14.9 Å². The lowest BCUT2D eigenvalue weighted by Gasteiger charge is -2.34. The average Bonchev–Trinajstić information content (AvgIpc) is 3.32. The predicted molar refractivity (Wildman–Crippen MR) is 116 cm³/mol. The van der Waals surface area contributed by atoms with Crippen molar-refractivity contribution < 1.29 is 9.59 Å². The van der Waals surface area contributed by atoms with Gasteiger partial charge in [0.25, 0.3) is 11.5 Å². The number of para-hydroxylation sites is 1. The number of hydrogen-bond donors (Lipinski definition) is 2. The molecule has 2 atom stereocenters. The number of fused-ring (bicyclic) bond motifs is 2. The molecular formula is C24H22N4O3. The third-order valence-electron chi connectivity index (χ3n) is 6.45. The summed E-state index contributed by atoms with van der Waals surface area (Å²) in [5.41, 5.74) is 1.94. The monoisotopic (exact) mass is 414 g/mol. The van der Waals surface area contributed by atoms with Crippen molar-refractivity contribution in [1.29, 1.82) is 0 Å². The van der Waals surface area contributed by atoms with Gasteiger partial charge in [-0.25, -0.2) is 4.98 Å². The molecular weight excluding hydrogens is 392 g/mol. The van der Waals surface area contributed by atoms with Crippen molar-refractivity contribution >= 4 is 17.5 Å². The molecule has 5 rings (SSSR count). The van der Waals surface area contributed by atoms with Crippen LogP contribution in [0.3, 0.4) is 0 Å². The molecule has 2 aliphatic heterocycles. The number of carbonyl (C=O) groups is 2. The zero-order chi connectivity index (χ0) is 21.4. The Balaban J connectivity index is 1.54. The highest BCUT2D eigenvalue weighted by molar-refractivity contribution is 6.08. The second-order valence-corrected chi connectivity index (χ2v) is 8.06. The van der Waals surface area contributed by atoms with E-state index in [0.717, 1.165) is 29.4 Å². The van der Waals surface area contributed by atoms with Crippen LogP contribution in [0.4, 0.5) is 5.69 Å². The van der Waals surface area contributed by atoms with E-state index in [-0.39, 0.29) is 29.1 Å². The fourth-order valence-electron chi connectivity index (χ4n) is 5.00. The lowest BCUT2D eigenvalue weighted by atomic mass is 9.73. The molecule has 1 aromatic heterocycles. The third-order valence-corrected chi connectivity index (χ3v) is 6.45. The van der Waals surface area contributed by atoms with Crippen LogP contribution < -0.4 is 10.9 Å². The fraction of sp³-hybridized carbons (Fsp3) is 0.250. The Morgan fingerprint density at radius 1 is 1.10 bits per heavy atom. The number of carbonyl (C=O) groups excluding carboxylic acids is 2. The van der Waals surface area contributed by atoms with Gasteiger partial charge in [0, 0.05) is 18.4 Å². The van der Waals surface area contributed by atoms with Crippen molar-refractivity contribution in [2.45, 2.75) is 30.7 Å².